The molecule has 0 aromatic carbocycles. The Morgan fingerprint density at radius 3 is 2.91 bits per heavy atom. The topological polar surface area (TPSA) is 21.3 Å². The van der Waals surface area contributed by atoms with E-state index in [2.05, 4.69) is 18.2 Å². The van der Waals surface area contributed by atoms with Crippen molar-refractivity contribution in [2.24, 2.45) is 0 Å². The molecule has 0 aliphatic heterocycles. The van der Waals surface area contributed by atoms with Crippen molar-refractivity contribution in [1.29, 1.82) is 0 Å². The van der Waals surface area contributed by atoms with E-state index in [1.807, 2.05) is 6.92 Å². The van der Waals surface area contributed by atoms with Crippen molar-refractivity contribution in [3.8, 4) is 12.3 Å². The van der Waals surface area contributed by atoms with E-state index in [1.54, 1.807) is 0 Å². The fourth-order valence-electron chi connectivity index (χ4n) is 0.744. The smallest absolute Gasteiger partial charge is 0.0616 e. The normalized spacial score (nSPS) is 12.5. The predicted octanol–water partition coefficient (Wildman–Crippen LogP) is 1.02. The zero-order valence-electron chi connectivity index (χ0n) is 7.39. The summed E-state index contributed by atoms with van der Waals surface area (Å²) in [6, 6.07) is 0.406. The lowest BCUT2D eigenvalue weighted by atomic mass is 10.3. The molecule has 2 heteroatoms. The van der Waals surface area contributed by atoms with Crippen molar-refractivity contribution in [2.45, 2.75) is 26.3 Å². The molecular weight excluding hydrogens is 138 g/mol. The van der Waals surface area contributed by atoms with Crippen LogP contribution < -0.4 is 5.32 Å². The molecule has 1 atom stereocenters. The standard InChI is InChI=1S/C9H17NO/c1-4-6-7-10-9(3)8-11-5-2/h1,9-10H,5-8H2,2-3H3. The van der Waals surface area contributed by atoms with Crippen LogP contribution in [-0.2, 0) is 4.74 Å². The van der Waals surface area contributed by atoms with Crippen LogP contribution in [0.1, 0.15) is 20.3 Å². The Labute approximate surface area is 69.3 Å². The molecule has 0 fully saturated rings. The molecule has 0 aliphatic rings. The second-order valence-electron chi connectivity index (χ2n) is 2.47. The van der Waals surface area contributed by atoms with E-state index >= 15 is 0 Å². The summed E-state index contributed by atoms with van der Waals surface area (Å²) in [5, 5.41) is 3.25. The molecule has 1 unspecified atom stereocenters. The maximum atomic E-state index is 5.21. The van der Waals surface area contributed by atoms with Gasteiger partial charge in [-0.15, -0.1) is 12.3 Å². The van der Waals surface area contributed by atoms with Crippen LogP contribution in [0.25, 0.3) is 0 Å². The summed E-state index contributed by atoms with van der Waals surface area (Å²) in [4.78, 5) is 0. The molecule has 0 aromatic rings. The Bertz CT molecular complexity index is 117. The Morgan fingerprint density at radius 2 is 2.36 bits per heavy atom. The van der Waals surface area contributed by atoms with E-state index in [9.17, 15) is 0 Å². The quantitative estimate of drug-likeness (QED) is 0.457. The van der Waals surface area contributed by atoms with Crippen molar-refractivity contribution in [2.75, 3.05) is 19.8 Å². The third-order valence-corrected chi connectivity index (χ3v) is 1.33. The molecule has 0 heterocycles. The highest BCUT2D eigenvalue weighted by molar-refractivity contribution is 4.84. The van der Waals surface area contributed by atoms with Gasteiger partial charge in [0.2, 0.25) is 0 Å². The van der Waals surface area contributed by atoms with Gasteiger partial charge in [-0.2, -0.15) is 0 Å². The van der Waals surface area contributed by atoms with E-state index in [1.165, 1.54) is 0 Å². The van der Waals surface area contributed by atoms with Gasteiger partial charge in [-0.3, -0.25) is 0 Å². The van der Waals surface area contributed by atoms with Crippen molar-refractivity contribution < 1.29 is 4.74 Å². The summed E-state index contributed by atoms with van der Waals surface area (Å²) in [7, 11) is 0. The Balaban J connectivity index is 3.10. The minimum atomic E-state index is 0.406. The van der Waals surface area contributed by atoms with Crippen LogP contribution in [0.2, 0.25) is 0 Å². The molecule has 0 aliphatic carbocycles. The van der Waals surface area contributed by atoms with Gasteiger partial charge in [0.15, 0.2) is 0 Å². The average molecular weight is 155 g/mol. The van der Waals surface area contributed by atoms with Crippen LogP contribution in [-0.4, -0.2) is 25.8 Å². The summed E-state index contributed by atoms with van der Waals surface area (Å²) >= 11 is 0. The summed E-state index contributed by atoms with van der Waals surface area (Å²) in [6.07, 6.45) is 5.88. The first kappa shape index (κ1) is 10.5. The number of ether oxygens (including phenoxy) is 1. The monoisotopic (exact) mass is 155 g/mol. The lowest BCUT2D eigenvalue weighted by Crippen LogP contribution is -2.31. The third kappa shape index (κ3) is 7.38. The van der Waals surface area contributed by atoms with Gasteiger partial charge < -0.3 is 10.1 Å². The Kier molecular flexibility index (Phi) is 7.23. The number of terminal acetylenes is 1. The van der Waals surface area contributed by atoms with Gasteiger partial charge in [0.1, 0.15) is 0 Å². The average Bonchev–Trinajstić information content (AvgIpc) is 2.01. The first-order valence-corrected chi connectivity index (χ1v) is 4.05. The summed E-state index contributed by atoms with van der Waals surface area (Å²) < 4.78 is 5.21. The van der Waals surface area contributed by atoms with Crippen molar-refractivity contribution in [3.05, 3.63) is 0 Å². The second kappa shape index (κ2) is 7.59. The second-order valence-corrected chi connectivity index (χ2v) is 2.47. The molecule has 0 spiro atoms. The summed E-state index contributed by atoms with van der Waals surface area (Å²) in [5.41, 5.74) is 0. The SMILES string of the molecule is C#CCCNC(C)COCC. The third-order valence-electron chi connectivity index (χ3n) is 1.33. The number of hydrogen-bond acceptors (Lipinski definition) is 2. The van der Waals surface area contributed by atoms with Gasteiger partial charge in [0, 0.05) is 25.6 Å². The molecular formula is C9H17NO. The molecule has 0 bridgehead atoms. The van der Waals surface area contributed by atoms with Crippen LogP contribution in [0.15, 0.2) is 0 Å². The van der Waals surface area contributed by atoms with Crippen LogP contribution in [0.3, 0.4) is 0 Å². The van der Waals surface area contributed by atoms with Crippen molar-refractivity contribution in [3.63, 3.8) is 0 Å². The van der Waals surface area contributed by atoms with Gasteiger partial charge in [-0.25, -0.2) is 0 Å². The van der Waals surface area contributed by atoms with Gasteiger partial charge in [0.05, 0.1) is 6.61 Å². The first-order chi connectivity index (χ1) is 5.31. The summed E-state index contributed by atoms with van der Waals surface area (Å²) in [5.74, 6) is 2.58. The minimum Gasteiger partial charge on any atom is -0.380 e. The Hall–Kier alpha value is -0.520. The van der Waals surface area contributed by atoms with Crippen LogP contribution in [0.5, 0.6) is 0 Å². The molecule has 11 heavy (non-hydrogen) atoms. The number of rotatable bonds is 6. The van der Waals surface area contributed by atoms with Crippen molar-refractivity contribution in [1.82, 2.24) is 5.32 Å². The molecule has 2 nitrogen and oxygen atoms in total. The highest BCUT2D eigenvalue weighted by atomic mass is 16.5. The van der Waals surface area contributed by atoms with Crippen LogP contribution >= 0.6 is 0 Å². The number of hydrogen-bond donors (Lipinski definition) is 1. The molecule has 0 amide bonds. The van der Waals surface area contributed by atoms with Gasteiger partial charge in [0.25, 0.3) is 0 Å². The molecule has 0 aromatic heterocycles. The van der Waals surface area contributed by atoms with Gasteiger partial charge in [-0.1, -0.05) is 0 Å². The Morgan fingerprint density at radius 1 is 1.64 bits per heavy atom. The highest BCUT2D eigenvalue weighted by Crippen LogP contribution is 1.84. The largest absolute Gasteiger partial charge is 0.380 e. The van der Waals surface area contributed by atoms with Crippen LogP contribution in [0, 0.1) is 12.3 Å². The first-order valence-electron chi connectivity index (χ1n) is 4.05. The molecule has 0 saturated carbocycles. The predicted molar refractivity (Wildman–Crippen MR) is 47.4 cm³/mol. The van der Waals surface area contributed by atoms with E-state index in [0.29, 0.717) is 6.04 Å². The molecule has 0 rings (SSSR count). The molecule has 0 radical (unpaired) electrons. The van der Waals surface area contributed by atoms with Gasteiger partial charge in [-0.05, 0) is 13.8 Å². The number of nitrogens with one attached hydrogen (secondary N) is 1. The van der Waals surface area contributed by atoms with Crippen LogP contribution in [0.4, 0.5) is 0 Å². The van der Waals surface area contributed by atoms with Crippen molar-refractivity contribution >= 4 is 0 Å². The van der Waals surface area contributed by atoms with E-state index in [4.69, 9.17) is 11.2 Å². The maximum Gasteiger partial charge on any atom is 0.0616 e. The lowest BCUT2D eigenvalue weighted by Gasteiger charge is -2.11. The minimum absolute atomic E-state index is 0.406. The lowest BCUT2D eigenvalue weighted by molar-refractivity contribution is 0.127. The van der Waals surface area contributed by atoms with E-state index in [-0.39, 0.29) is 0 Å². The zero-order chi connectivity index (χ0) is 8.53. The summed E-state index contributed by atoms with van der Waals surface area (Å²) in [6.45, 7) is 6.51. The molecule has 0 saturated heterocycles. The molecule has 64 valence electrons. The maximum absolute atomic E-state index is 5.21. The van der Waals surface area contributed by atoms with E-state index < -0.39 is 0 Å². The van der Waals surface area contributed by atoms with E-state index in [0.717, 1.165) is 26.2 Å². The highest BCUT2D eigenvalue weighted by Gasteiger charge is 1.97. The molecule has 1 N–H and O–H groups in total. The van der Waals surface area contributed by atoms with Gasteiger partial charge >= 0.3 is 0 Å². The fourth-order valence-corrected chi connectivity index (χ4v) is 0.744. The fraction of sp³-hybridized carbons (Fsp3) is 0.778. The zero-order valence-corrected chi connectivity index (χ0v) is 7.39.